The molecule has 3 rings (SSSR count). The van der Waals surface area contributed by atoms with E-state index >= 15 is 0 Å². The van der Waals surface area contributed by atoms with Gasteiger partial charge in [0, 0.05) is 25.4 Å². The summed E-state index contributed by atoms with van der Waals surface area (Å²) in [4.78, 5) is 21.8. The van der Waals surface area contributed by atoms with Crippen LogP contribution < -0.4 is 4.90 Å². The van der Waals surface area contributed by atoms with E-state index in [2.05, 4.69) is 23.0 Å². The fourth-order valence-corrected chi connectivity index (χ4v) is 4.00. The standard InChI is InChI=1S/C19H25N5OS/c1-13-7-8-15-16(11-13)26-19(20-15)24(10-6-9-22(3)4)18(25)17-14(2)12-23(5)21-17/h7-8,11-12H,6,9-10H2,1-5H3. The summed E-state index contributed by atoms with van der Waals surface area (Å²) in [5, 5.41) is 5.10. The topological polar surface area (TPSA) is 54.3 Å². The van der Waals surface area contributed by atoms with Gasteiger partial charge in [-0.05, 0) is 58.6 Å². The van der Waals surface area contributed by atoms with E-state index in [4.69, 9.17) is 4.98 Å². The van der Waals surface area contributed by atoms with Gasteiger partial charge in [-0.2, -0.15) is 5.10 Å². The van der Waals surface area contributed by atoms with Gasteiger partial charge in [-0.1, -0.05) is 17.4 Å². The molecule has 0 N–H and O–H groups in total. The molecule has 0 fully saturated rings. The van der Waals surface area contributed by atoms with Crippen LogP contribution in [0.25, 0.3) is 10.2 Å². The first-order valence-electron chi connectivity index (χ1n) is 8.69. The van der Waals surface area contributed by atoms with E-state index in [1.807, 2.05) is 46.4 Å². The van der Waals surface area contributed by atoms with E-state index < -0.39 is 0 Å². The summed E-state index contributed by atoms with van der Waals surface area (Å²) in [6, 6.07) is 6.18. The highest BCUT2D eigenvalue weighted by Gasteiger charge is 2.24. The van der Waals surface area contributed by atoms with Gasteiger partial charge in [0.2, 0.25) is 0 Å². The van der Waals surface area contributed by atoms with Crippen molar-refractivity contribution in [3.8, 4) is 0 Å². The minimum Gasteiger partial charge on any atom is -0.309 e. The van der Waals surface area contributed by atoms with Crippen LogP contribution in [-0.4, -0.2) is 52.8 Å². The lowest BCUT2D eigenvalue weighted by Crippen LogP contribution is -2.34. The molecule has 0 aliphatic rings. The van der Waals surface area contributed by atoms with E-state index in [0.717, 1.165) is 33.9 Å². The van der Waals surface area contributed by atoms with Crippen LogP contribution in [-0.2, 0) is 7.05 Å². The molecule has 1 aromatic carbocycles. The van der Waals surface area contributed by atoms with Crippen molar-refractivity contribution < 1.29 is 4.79 Å². The molecule has 138 valence electrons. The summed E-state index contributed by atoms with van der Waals surface area (Å²) >= 11 is 1.56. The van der Waals surface area contributed by atoms with E-state index in [0.29, 0.717) is 12.2 Å². The maximum Gasteiger partial charge on any atom is 0.280 e. The monoisotopic (exact) mass is 371 g/mol. The molecule has 0 spiro atoms. The van der Waals surface area contributed by atoms with Gasteiger partial charge in [-0.15, -0.1) is 0 Å². The van der Waals surface area contributed by atoms with Crippen LogP contribution in [0.3, 0.4) is 0 Å². The molecule has 1 amide bonds. The number of carbonyl (C=O) groups is 1. The normalized spacial score (nSPS) is 11.5. The van der Waals surface area contributed by atoms with Crippen molar-refractivity contribution in [3.63, 3.8) is 0 Å². The minimum atomic E-state index is -0.0855. The fraction of sp³-hybridized carbons (Fsp3) is 0.421. The zero-order valence-corrected chi connectivity index (χ0v) is 16.8. The van der Waals surface area contributed by atoms with Gasteiger partial charge in [-0.25, -0.2) is 4.98 Å². The zero-order chi connectivity index (χ0) is 18.8. The van der Waals surface area contributed by atoms with Gasteiger partial charge in [0.05, 0.1) is 10.2 Å². The summed E-state index contributed by atoms with van der Waals surface area (Å²) in [6.07, 6.45) is 2.74. The molecule has 3 aromatic rings. The summed E-state index contributed by atoms with van der Waals surface area (Å²) in [5.74, 6) is -0.0855. The van der Waals surface area contributed by atoms with Gasteiger partial charge in [0.15, 0.2) is 10.8 Å². The van der Waals surface area contributed by atoms with Gasteiger partial charge in [0.1, 0.15) is 0 Å². The summed E-state index contributed by atoms with van der Waals surface area (Å²) < 4.78 is 2.78. The number of thiazole rings is 1. The van der Waals surface area contributed by atoms with Crippen LogP contribution in [0.4, 0.5) is 5.13 Å². The highest BCUT2D eigenvalue weighted by molar-refractivity contribution is 7.22. The van der Waals surface area contributed by atoms with Crippen LogP contribution in [0.15, 0.2) is 24.4 Å². The van der Waals surface area contributed by atoms with Crippen LogP contribution in [0.5, 0.6) is 0 Å². The number of benzene rings is 1. The Morgan fingerprint density at radius 3 is 2.65 bits per heavy atom. The molecule has 2 aromatic heterocycles. The third kappa shape index (κ3) is 3.94. The number of aryl methyl sites for hydroxylation is 3. The number of anilines is 1. The zero-order valence-electron chi connectivity index (χ0n) is 16.0. The largest absolute Gasteiger partial charge is 0.309 e. The highest BCUT2D eigenvalue weighted by atomic mass is 32.1. The Balaban J connectivity index is 1.95. The van der Waals surface area contributed by atoms with Crippen LogP contribution in [0, 0.1) is 13.8 Å². The maximum absolute atomic E-state index is 13.2. The second kappa shape index (κ2) is 7.55. The molecule has 0 unspecified atom stereocenters. The van der Waals surface area contributed by atoms with E-state index in [1.54, 1.807) is 20.9 Å². The van der Waals surface area contributed by atoms with Crippen molar-refractivity contribution in [1.29, 1.82) is 0 Å². The number of hydrogen-bond donors (Lipinski definition) is 0. The first kappa shape index (κ1) is 18.5. The Hall–Kier alpha value is -2.25. The second-order valence-corrected chi connectivity index (χ2v) is 7.92. The molecular weight excluding hydrogens is 346 g/mol. The van der Waals surface area contributed by atoms with Gasteiger partial charge >= 0.3 is 0 Å². The van der Waals surface area contributed by atoms with Crippen molar-refractivity contribution in [3.05, 3.63) is 41.2 Å². The Kier molecular flexibility index (Phi) is 5.38. The first-order chi connectivity index (χ1) is 12.3. The van der Waals surface area contributed by atoms with Crippen molar-refractivity contribution >= 4 is 32.6 Å². The smallest absolute Gasteiger partial charge is 0.280 e. The van der Waals surface area contributed by atoms with Gasteiger partial charge in [0.25, 0.3) is 5.91 Å². The second-order valence-electron chi connectivity index (χ2n) is 6.92. The Morgan fingerprint density at radius 2 is 2.00 bits per heavy atom. The lowest BCUT2D eigenvalue weighted by molar-refractivity contribution is 0.0980. The Bertz CT molecular complexity index is 927. The van der Waals surface area contributed by atoms with Crippen molar-refractivity contribution in [2.45, 2.75) is 20.3 Å². The SMILES string of the molecule is Cc1ccc2nc(N(CCCN(C)C)C(=O)c3nn(C)cc3C)sc2c1. The maximum atomic E-state index is 13.2. The average molecular weight is 372 g/mol. The molecular formula is C19H25N5OS. The number of hydrogen-bond acceptors (Lipinski definition) is 5. The molecule has 26 heavy (non-hydrogen) atoms. The molecule has 2 heterocycles. The fourth-order valence-electron chi connectivity index (χ4n) is 2.91. The lowest BCUT2D eigenvalue weighted by atomic mass is 10.2. The number of aromatic nitrogens is 3. The predicted molar refractivity (Wildman–Crippen MR) is 107 cm³/mol. The molecule has 6 nitrogen and oxygen atoms in total. The molecule has 0 saturated heterocycles. The third-order valence-electron chi connectivity index (χ3n) is 4.21. The van der Waals surface area contributed by atoms with E-state index in [9.17, 15) is 4.79 Å². The Morgan fingerprint density at radius 1 is 1.23 bits per heavy atom. The first-order valence-corrected chi connectivity index (χ1v) is 9.51. The number of fused-ring (bicyclic) bond motifs is 1. The van der Waals surface area contributed by atoms with E-state index in [1.165, 1.54) is 5.56 Å². The molecule has 0 aliphatic carbocycles. The van der Waals surface area contributed by atoms with Crippen LogP contribution in [0.1, 0.15) is 28.0 Å². The number of carbonyl (C=O) groups excluding carboxylic acids is 1. The quantitative estimate of drug-likeness (QED) is 0.667. The summed E-state index contributed by atoms with van der Waals surface area (Å²) in [7, 11) is 5.91. The predicted octanol–water partition coefficient (Wildman–Crippen LogP) is 3.25. The summed E-state index contributed by atoms with van der Waals surface area (Å²) in [5.41, 5.74) is 3.50. The van der Waals surface area contributed by atoms with Gasteiger partial charge < -0.3 is 4.90 Å². The highest BCUT2D eigenvalue weighted by Crippen LogP contribution is 2.30. The minimum absolute atomic E-state index is 0.0855. The lowest BCUT2D eigenvalue weighted by Gasteiger charge is -2.20. The molecule has 0 radical (unpaired) electrons. The van der Waals surface area contributed by atoms with Gasteiger partial charge in [-0.3, -0.25) is 14.4 Å². The number of nitrogens with zero attached hydrogens (tertiary/aromatic N) is 5. The summed E-state index contributed by atoms with van der Waals surface area (Å²) in [6.45, 7) is 5.51. The van der Waals surface area contributed by atoms with Crippen molar-refractivity contribution in [2.75, 3.05) is 32.1 Å². The molecule has 0 aliphatic heterocycles. The van der Waals surface area contributed by atoms with Crippen LogP contribution >= 0.6 is 11.3 Å². The Labute approximate surface area is 158 Å². The molecule has 0 bridgehead atoms. The third-order valence-corrected chi connectivity index (χ3v) is 5.25. The average Bonchev–Trinajstić information content (AvgIpc) is 3.12. The molecule has 0 saturated carbocycles. The van der Waals surface area contributed by atoms with Crippen molar-refractivity contribution in [1.82, 2.24) is 19.7 Å². The molecule has 0 atom stereocenters. The van der Waals surface area contributed by atoms with Crippen LogP contribution in [0.2, 0.25) is 0 Å². The number of amides is 1. The molecule has 7 heteroatoms. The van der Waals surface area contributed by atoms with E-state index in [-0.39, 0.29) is 5.91 Å². The number of rotatable bonds is 6. The van der Waals surface area contributed by atoms with Crippen molar-refractivity contribution in [2.24, 2.45) is 7.05 Å².